The maximum atomic E-state index is 13.5. The van der Waals surface area contributed by atoms with E-state index in [-0.39, 0.29) is 11.4 Å². The van der Waals surface area contributed by atoms with Crippen LogP contribution in [0.25, 0.3) is 0 Å². The number of halogens is 1. The number of hydrogen-bond donors (Lipinski definition) is 1. The van der Waals surface area contributed by atoms with Crippen molar-refractivity contribution in [3.63, 3.8) is 0 Å². The van der Waals surface area contributed by atoms with Crippen LogP contribution in [0.2, 0.25) is 0 Å². The second-order valence-corrected chi connectivity index (χ2v) is 5.05. The molecule has 0 aliphatic heterocycles. The fourth-order valence-corrected chi connectivity index (χ4v) is 2.34. The summed E-state index contributed by atoms with van der Waals surface area (Å²) in [5, 5.41) is 14.5. The predicted octanol–water partition coefficient (Wildman–Crippen LogP) is 3.36. The Labute approximate surface area is 113 Å². The molecule has 0 saturated heterocycles. The smallest absolute Gasteiger partial charge is 0.271 e. The molecule has 1 aromatic carbocycles. The molecular formula is C12H12FN3O2S. The Morgan fingerprint density at radius 2 is 2.32 bits per heavy atom. The third kappa shape index (κ3) is 3.25. The second kappa shape index (κ2) is 5.75. The monoisotopic (exact) mass is 281 g/mol. The highest BCUT2D eigenvalue weighted by Crippen LogP contribution is 2.22. The van der Waals surface area contributed by atoms with Crippen LogP contribution >= 0.6 is 11.3 Å². The molecule has 7 heteroatoms. The molecule has 100 valence electrons. The predicted molar refractivity (Wildman–Crippen MR) is 71.9 cm³/mol. The topological polar surface area (TPSA) is 68.1 Å². The van der Waals surface area contributed by atoms with Crippen LogP contribution < -0.4 is 5.32 Å². The number of nitrogens with zero attached hydrogens (tertiary/aromatic N) is 2. The number of thiazole rings is 1. The maximum Gasteiger partial charge on any atom is 0.271 e. The van der Waals surface area contributed by atoms with Gasteiger partial charge < -0.3 is 5.32 Å². The molecule has 1 N–H and O–H groups in total. The summed E-state index contributed by atoms with van der Waals surface area (Å²) >= 11 is 1.54. The van der Waals surface area contributed by atoms with E-state index in [0.29, 0.717) is 6.54 Å². The summed E-state index contributed by atoms with van der Waals surface area (Å²) in [7, 11) is 0. The van der Waals surface area contributed by atoms with Gasteiger partial charge in [-0.05, 0) is 12.5 Å². The van der Waals surface area contributed by atoms with Gasteiger partial charge in [-0.3, -0.25) is 10.1 Å². The standard InChI is InChI=1S/C12H12FN3O2S/c1-2-12-15-7-9(19-12)6-14-11-5-8(16(17)18)3-4-10(11)13/h3-5,7,14H,2,6H2,1H3. The summed E-state index contributed by atoms with van der Waals surface area (Å²) in [5.41, 5.74) is -0.0110. The maximum absolute atomic E-state index is 13.5. The highest BCUT2D eigenvalue weighted by atomic mass is 32.1. The molecule has 0 amide bonds. The summed E-state index contributed by atoms with van der Waals surface area (Å²) < 4.78 is 13.5. The largest absolute Gasteiger partial charge is 0.378 e. The molecule has 5 nitrogen and oxygen atoms in total. The van der Waals surface area contributed by atoms with E-state index in [1.165, 1.54) is 17.4 Å². The van der Waals surface area contributed by atoms with Gasteiger partial charge in [0.1, 0.15) is 5.82 Å². The molecule has 0 saturated carbocycles. The fraction of sp³-hybridized carbons (Fsp3) is 0.250. The normalized spacial score (nSPS) is 10.4. The number of nitro groups is 1. The van der Waals surface area contributed by atoms with Crippen molar-refractivity contribution in [2.24, 2.45) is 0 Å². The molecule has 0 aliphatic rings. The zero-order valence-electron chi connectivity index (χ0n) is 10.2. The lowest BCUT2D eigenvalue weighted by Gasteiger charge is -2.05. The van der Waals surface area contributed by atoms with Crippen molar-refractivity contribution in [1.29, 1.82) is 0 Å². The first-order valence-electron chi connectivity index (χ1n) is 5.71. The zero-order valence-corrected chi connectivity index (χ0v) is 11.0. The highest BCUT2D eigenvalue weighted by molar-refractivity contribution is 7.11. The first-order chi connectivity index (χ1) is 9.10. The number of rotatable bonds is 5. The van der Waals surface area contributed by atoms with Gasteiger partial charge in [-0.25, -0.2) is 9.37 Å². The molecule has 2 rings (SSSR count). The molecule has 0 radical (unpaired) electrons. The molecule has 0 spiro atoms. The number of aromatic nitrogens is 1. The number of aryl methyl sites for hydroxylation is 1. The van der Waals surface area contributed by atoms with E-state index >= 15 is 0 Å². The van der Waals surface area contributed by atoms with Crippen LogP contribution in [0.1, 0.15) is 16.8 Å². The van der Waals surface area contributed by atoms with Gasteiger partial charge in [0.15, 0.2) is 0 Å². The Bertz CT molecular complexity index is 600. The van der Waals surface area contributed by atoms with Crippen molar-refractivity contribution in [3.8, 4) is 0 Å². The molecule has 1 heterocycles. The molecule has 0 bridgehead atoms. The van der Waals surface area contributed by atoms with Crippen LogP contribution in [0.3, 0.4) is 0 Å². The molecule has 0 unspecified atom stereocenters. The summed E-state index contributed by atoms with van der Waals surface area (Å²) in [6.07, 6.45) is 2.58. The van der Waals surface area contributed by atoms with E-state index in [1.54, 1.807) is 6.20 Å². The third-order valence-corrected chi connectivity index (χ3v) is 3.66. The Morgan fingerprint density at radius 3 is 2.95 bits per heavy atom. The Hall–Kier alpha value is -2.02. The van der Waals surface area contributed by atoms with Gasteiger partial charge in [-0.2, -0.15) is 0 Å². The molecule has 19 heavy (non-hydrogen) atoms. The van der Waals surface area contributed by atoms with Crippen LogP contribution in [-0.2, 0) is 13.0 Å². The average molecular weight is 281 g/mol. The van der Waals surface area contributed by atoms with E-state index < -0.39 is 10.7 Å². The average Bonchev–Trinajstić information content (AvgIpc) is 2.85. The third-order valence-electron chi connectivity index (χ3n) is 2.52. The number of non-ortho nitro benzene ring substituents is 1. The molecule has 2 aromatic rings. The number of hydrogen-bond acceptors (Lipinski definition) is 5. The van der Waals surface area contributed by atoms with E-state index in [1.807, 2.05) is 6.92 Å². The van der Waals surface area contributed by atoms with Gasteiger partial charge in [0, 0.05) is 23.2 Å². The van der Waals surface area contributed by atoms with Crippen LogP contribution in [0, 0.1) is 15.9 Å². The van der Waals surface area contributed by atoms with Crippen LogP contribution in [0.4, 0.5) is 15.8 Å². The van der Waals surface area contributed by atoms with E-state index in [9.17, 15) is 14.5 Å². The Balaban J connectivity index is 2.10. The van der Waals surface area contributed by atoms with Gasteiger partial charge in [-0.15, -0.1) is 11.3 Å². The quantitative estimate of drug-likeness (QED) is 0.674. The van der Waals surface area contributed by atoms with Gasteiger partial charge >= 0.3 is 0 Å². The van der Waals surface area contributed by atoms with Crippen molar-refractivity contribution in [2.75, 3.05) is 5.32 Å². The number of nitrogens with one attached hydrogen (secondary N) is 1. The lowest BCUT2D eigenvalue weighted by atomic mass is 10.2. The van der Waals surface area contributed by atoms with E-state index in [4.69, 9.17) is 0 Å². The molecule has 0 aliphatic carbocycles. The number of nitro benzene ring substituents is 1. The van der Waals surface area contributed by atoms with Crippen LogP contribution in [-0.4, -0.2) is 9.91 Å². The Morgan fingerprint density at radius 1 is 1.53 bits per heavy atom. The van der Waals surface area contributed by atoms with E-state index in [0.717, 1.165) is 28.4 Å². The summed E-state index contributed by atoms with van der Waals surface area (Å²) in [6.45, 7) is 2.41. The molecule has 0 fully saturated rings. The minimum absolute atomic E-state index is 0.126. The number of anilines is 1. The van der Waals surface area contributed by atoms with Crippen molar-refractivity contribution >= 4 is 22.7 Å². The van der Waals surface area contributed by atoms with Gasteiger partial charge in [0.05, 0.1) is 22.2 Å². The van der Waals surface area contributed by atoms with Gasteiger partial charge in [0.25, 0.3) is 5.69 Å². The summed E-state index contributed by atoms with van der Waals surface area (Å²) in [5.74, 6) is -0.508. The lowest BCUT2D eigenvalue weighted by Crippen LogP contribution is -2.01. The van der Waals surface area contributed by atoms with Crippen molar-refractivity contribution in [1.82, 2.24) is 4.98 Å². The van der Waals surface area contributed by atoms with Crippen LogP contribution in [0.15, 0.2) is 24.4 Å². The second-order valence-electron chi connectivity index (χ2n) is 3.85. The minimum atomic E-state index is -0.549. The van der Waals surface area contributed by atoms with Gasteiger partial charge in [-0.1, -0.05) is 6.92 Å². The zero-order chi connectivity index (χ0) is 13.8. The van der Waals surface area contributed by atoms with Crippen molar-refractivity contribution in [3.05, 3.63) is 50.2 Å². The minimum Gasteiger partial charge on any atom is -0.378 e. The fourth-order valence-electron chi connectivity index (χ4n) is 1.54. The highest BCUT2D eigenvalue weighted by Gasteiger charge is 2.10. The van der Waals surface area contributed by atoms with Crippen molar-refractivity contribution in [2.45, 2.75) is 19.9 Å². The number of benzene rings is 1. The van der Waals surface area contributed by atoms with Gasteiger partial charge in [0.2, 0.25) is 0 Å². The summed E-state index contributed by atoms with van der Waals surface area (Å²) in [4.78, 5) is 15.2. The summed E-state index contributed by atoms with van der Waals surface area (Å²) in [6, 6.07) is 3.42. The Kier molecular flexibility index (Phi) is 4.06. The molecule has 1 aromatic heterocycles. The van der Waals surface area contributed by atoms with Crippen LogP contribution in [0.5, 0.6) is 0 Å². The lowest BCUT2D eigenvalue weighted by molar-refractivity contribution is -0.384. The molecule has 0 atom stereocenters. The first kappa shape index (κ1) is 13.4. The SMILES string of the molecule is CCc1ncc(CNc2cc([N+](=O)[O-])ccc2F)s1. The first-order valence-corrected chi connectivity index (χ1v) is 6.53. The van der Waals surface area contributed by atoms with Crippen molar-refractivity contribution < 1.29 is 9.31 Å². The van der Waals surface area contributed by atoms with E-state index in [2.05, 4.69) is 10.3 Å². The molecular weight excluding hydrogens is 269 g/mol.